The van der Waals surface area contributed by atoms with Crippen LogP contribution in [0.3, 0.4) is 0 Å². The van der Waals surface area contributed by atoms with Gasteiger partial charge in [0.1, 0.15) is 11.5 Å². The van der Waals surface area contributed by atoms with Gasteiger partial charge in [-0.3, -0.25) is 0 Å². The van der Waals surface area contributed by atoms with Crippen molar-refractivity contribution in [1.82, 2.24) is 0 Å². The van der Waals surface area contributed by atoms with Gasteiger partial charge in [0.2, 0.25) is 0 Å². The second-order valence-corrected chi connectivity index (χ2v) is 4.07. The van der Waals surface area contributed by atoms with Crippen molar-refractivity contribution >= 4 is 5.69 Å². The van der Waals surface area contributed by atoms with Crippen LogP contribution >= 0.6 is 0 Å². The molecule has 1 unspecified atom stereocenters. The lowest BCUT2D eigenvalue weighted by Gasteiger charge is -2.32. The minimum atomic E-state index is -0.903. The molecule has 0 saturated carbocycles. The fourth-order valence-electron chi connectivity index (χ4n) is 2.05. The summed E-state index contributed by atoms with van der Waals surface area (Å²) in [5, 5.41) is 0. The lowest BCUT2D eigenvalue weighted by Crippen LogP contribution is -2.43. The molecule has 2 N–H and O–H groups in total. The first-order chi connectivity index (χ1) is 7.58. The number of rotatable bonds is 1. The van der Waals surface area contributed by atoms with Gasteiger partial charge in [-0.05, 0) is 12.8 Å². The van der Waals surface area contributed by atoms with Gasteiger partial charge in [-0.2, -0.15) is 0 Å². The molecule has 5 heteroatoms. The third kappa shape index (κ3) is 2.14. The number of nitrogens with zero attached hydrogens (tertiary/aromatic N) is 1. The van der Waals surface area contributed by atoms with Crippen molar-refractivity contribution in [3.05, 3.63) is 29.6 Å². The van der Waals surface area contributed by atoms with Crippen molar-refractivity contribution in [2.75, 3.05) is 18.0 Å². The molecule has 0 amide bonds. The molecule has 0 spiro atoms. The van der Waals surface area contributed by atoms with Gasteiger partial charge in [0.25, 0.3) is 0 Å². The second-order valence-electron chi connectivity index (χ2n) is 4.07. The van der Waals surface area contributed by atoms with E-state index in [4.69, 9.17) is 5.73 Å². The zero-order valence-corrected chi connectivity index (χ0v) is 8.72. The average Bonchev–Trinajstić information content (AvgIpc) is 2.15. The highest BCUT2D eigenvalue weighted by Crippen LogP contribution is 2.26. The van der Waals surface area contributed by atoms with Crippen molar-refractivity contribution in [3.8, 4) is 0 Å². The fraction of sp³-hybridized carbons (Fsp3) is 0.455. The quantitative estimate of drug-likeness (QED) is 0.799. The SMILES string of the molecule is NC1CCCN(c2c(F)cc(F)cc2F)C1. The molecular weight excluding hydrogens is 217 g/mol. The summed E-state index contributed by atoms with van der Waals surface area (Å²) in [4.78, 5) is 1.54. The first kappa shape index (κ1) is 11.3. The molecule has 2 nitrogen and oxygen atoms in total. The first-order valence-corrected chi connectivity index (χ1v) is 5.23. The third-order valence-corrected chi connectivity index (χ3v) is 2.76. The van der Waals surface area contributed by atoms with Crippen molar-refractivity contribution in [1.29, 1.82) is 0 Å². The van der Waals surface area contributed by atoms with Crippen LogP contribution in [0.5, 0.6) is 0 Å². The zero-order valence-electron chi connectivity index (χ0n) is 8.72. The summed E-state index contributed by atoms with van der Waals surface area (Å²) < 4.78 is 39.6. The van der Waals surface area contributed by atoms with Crippen molar-refractivity contribution in [2.24, 2.45) is 5.73 Å². The van der Waals surface area contributed by atoms with E-state index in [1.165, 1.54) is 4.90 Å². The summed E-state index contributed by atoms with van der Waals surface area (Å²) in [6.45, 7) is 0.951. The van der Waals surface area contributed by atoms with E-state index in [0.717, 1.165) is 12.8 Å². The molecule has 2 rings (SSSR count). The number of hydrogen-bond donors (Lipinski definition) is 1. The lowest BCUT2D eigenvalue weighted by molar-refractivity contribution is 0.481. The van der Waals surface area contributed by atoms with Gasteiger partial charge in [0.15, 0.2) is 11.6 Å². The maximum absolute atomic E-state index is 13.5. The molecule has 0 aromatic heterocycles. The molecule has 1 saturated heterocycles. The Hall–Kier alpha value is -1.23. The normalized spacial score (nSPS) is 21.2. The van der Waals surface area contributed by atoms with Crippen LogP contribution < -0.4 is 10.6 Å². The van der Waals surface area contributed by atoms with Crippen LogP contribution in [-0.4, -0.2) is 19.1 Å². The molecule has 1 heterocycles. The predicted molar refractivity (Wildman–Crippen MR) is 55.7 cm³/mol. The van der Waals surface area contributed by atoms with Crippen LogP contribution in [0.15, 0.2) is 12.1 Å². The summed E-state index contributed by atoms with van der Waals surface area (Å²) in [5.74, 6) is -2.64. The maximum atomic E-state index is 13.5. The number of piperidine rings is 1. The number of nitrogens with two attached hydrogens (primary N) is 1. The van der Waals surface area contributed by atoms with E-state index in [1.807, 2.05) is 0 Å². The van der Waals surface area contributed by atoms with Crippen LogP contribution in [0, 0.1) is 17.5 Å². The van der Waals surface area contributed by atoms with Crippen molar-refractivity contribution in [3.63, 3.8) is 0 Å². The van der Waals surface area contributed by atoms with Crippen molar-refractivity contribution in [2.45, 2.75) is 18.9 Å². The van der Waals surface area contributed by atoms with E-state index >= 15 is 0 Å². The minimum absolute atomic E-state index is 0.0856. The lowest BCUT2D eigenvalue weighted by atomic mass is 10.1. The Kier molecular flexibility index (Phi) is 3.05. The molecule has 16 heavy (non-hydrogen) atoms. The minimum Gasteiger partial charge on any atom is -0.365 e. The molecule has 1 aromatic carbocycles. The molecule has 1 aliphatic rings. The number of halogens is 3. The monoisotopic (exact) mass is 230 g/mol. The fourth-order valence-corrected chi connectivity index (χ4v) is 2.05. The molecule has 88 valence electrons. The molecule has 1 aliphatic heterocycles. The van der Waals surface area contributed by atoms with Crippen molar-refractivity contribution < 1.29 is 13.2 Å². The van der Waals surface area contributed by atoms with Gasteiger partial charge in [0.05, 0.1) is 0 Å². The molecule has 1 aromatic rings. The zero-order chi connectivity index (χ0) is 11.7. The third-order valence-electron chi connectivity index (χ3n) is 2.76. The van der Waals surface area contributed by atoms with E-state index in [1.54, 1.807) is 0 Å². The summed E-state index contributed by atoms with van der Waals surface area (Å²) in [6, 6.07) is 1.30. The second kappa shape index (κ2) is 4.33. The molecular formula is C11H13F3N2. The van der Waals surface area contributed by atoms with E-state index in [0.29, 0.717) is 25.2 Å². The highest BCUT2D eigenvalue weighted by Gasteiger charge is 2.23. The highest BCUT2D eigenvalue weighted by molar-refractivity contribution is 5.50. The van der Waals surface area contributed by atoms with Crippen LogP contribution in [0.1, 0.15) is 12.8 Å². The Morgan fingerprint density at radius 3 is 2.38 bits per heavy atom. The topological polar surface area (TPSA) is 29.3 Å². The van der Waals surface area contributed by atoms with E-state index in [-0.39, 0.29) is 11.7 Å². The molecule has 0 bridgehead atoms. The number of anilines is 1. The smallest absolute Gasteiger partial charge is 0.152 e. The van der Waals surface area contributed by atoms with Crippen LogP contribution in [0.4, 0.5) is 18.9 Å². The Balaban J connectivity index is 2.32. The number of benzene rings is 1. The largest absolute Gasteiger partial charge is 0.365 e. The summed E-state index contributed by atoms with van der Waals surface area (Å²) >= 11 is 0. The Morgan fingerprint density at radius 2 is 1.81 bits per heavy atom. The first-order valence-electron chi connectivity index (χ1n) is 5.23. The predicted octanol–water partition coefficient (Wildman–Crippen LogP) is 2.03. The molecule has 1 fully saturated rings. The number of hydrogen-bond acceptors (Lipinski definition) is 2. The Morgan fingerprint density at radius 1 is 1.19 bits per heavy atom. The van der Waals surface area contributed by atoms with E-state index in [2.05, 4.69) is 0 Å². The summed E-state index contributed by atoms with van der Waals surface area (Å²) in [5.41, 5.74) is 5.56. The maximum Gasteiger partial charge on any atom is 0.152 e. The van der Waals surface area contributed by atoms with Crippen LogP contribution in [-0.2, 0) is 0 Å². The Bertz CT molecular complexity index is 372. The van der Waals surface area contributed by atoms with Gasteiger partial charge in [-0.25, -0.2) is 13.2 Å². The van der Waals surface area contributed by atoms with Gasteiger partial charge in [0, 0.05) is 31.3 Å². The summed E-state index contributed by atoms with van der Waals surface area (Å²) in [7, 11) is 0. The highest BCUT2D eigenvalue weighted by atomic mass is 19.1. The van der Waals surface area contributed by atoms with E-state index in [9.17, 15) is 13.2 Å². The van der Waals surface area contributed by atoms with Gasteiger partial charge in [-0.1, -0.05) is 0 Å². The van der Waals surface area contributed by atoms with Gasteiger partial charge < -0.3 is 10.6 Å². The molecule has 1 atom stereocenters. The van der Waals surface area contributed by atoms with Crippen LogP contribution in [0.2, 0.25) is 0 Å². The summed E-state index contributed by atoms with van der Waals surface area (Å²) in [6.07, 6.45) is 1.64. The average molecular weight is 230 g/mol. The molecule has 0 aliphatic carbocycles. The van der Waals surface area contributed by atoms with Crippen LogP contribution in [0.25, 0.3) is 0 Å². The van der Waals surface area contributed by atoms with Gasteiger partial charge in [-0.15, -0.1) is 0 Å². The Labute approximate surface area is 91.8 Å². The van der Waals surface area contributed by atoms with E-state index < -0.39 is 17.5 Å². The molecule has 0 radical (unpaired) electrons. The van der Waals surface area contributed by atoms with Gasteiger partial charge >= 0.3 is 0 Å². The standard InChI is InChI=1S/C11H13F3N2/c12-7-4-9(13)11(10(14)5-7)16-3-1-2-8(15)6-16/h4-5,8H,1-3,6,15H2.